The lowest BCUT2D eigenvalue weighted by molar-refractivity contribution is -0.136. The molecule has 0 aliphatic carbocycles. The molecule has 316 valence electrons. The van der Waals surface area contributed by atoms with Gasteiger partial charge in [0.05, 0.1) is 12.1 Å². The monoisotopic (exact) mass is 795 g/mol. The Morgan fingerprint density at radius 3 is 1.65 bits per heavy atom. The third-order valence-electron chi connectivity index (χ3n) is 10.7. The first-order chi connectivity index (χ1) is 26.8. The smallest absolute Gasteiger partial charge is 0.243 e. The maximum Gasteiger partial charge on any atom is 0.243 e. The number of nitrogens with one attached hydrogen (secondary N) is 8. The second kappa shape index (κ2) is 19.8. The van der Waals surface area contributed by atoms with Crippen molar-refractivity contribution in [1.82, 2.24) is 42.2 Å². The molecule has 2 aliphatic heterocycles. The molecule has 2 fully saturated rings. The Morgan fingerprint density at radius 1 is 0.579 bits per heavy atom. The van der Waals surface area contributed by atoms with Crippen LogP contribution in [-0.2, 0) is 39.9 Å². The summed E-state index contributed by atoms with van der Waals surface area (Å²) in [5.74, 6) is -4.18. The van der Waals surface area contributed by atoms with Gasteiger partial charge in [-0.1, -0.05) is 87.4 Å². The third-order valence-corrected chi connectivity index (χ3v) is 10.7. The molecule has 57 heavy (non-hydrogen) atoms. The molecule has 3 heterocycles. The van der Waals surface area contributed by atoms with Gasteiger partial charge in [-0.3, -0.25) is 34.1 Å². The molecule has 2 aliphatic rings. The molecule has 2 bridgehead atoms. The van der Waals surface area contributed by atoms with Gasteiger partial charge in [0, 0.05) is 23.5 Å². The van der Waals surface area contributed by atoms with E-state index in [1.54, 1.807) is 40.8 Å². The third kappa shape index (κ3) is 11.8. The number of carbonyl (C=O) groups excluding carboxylic acids is 6. The first-order valence-corrected chi connectivity index (χ1v) is 20.6. The molecule has 2 saturated heterocycles. The van der Waals surface area contributed by atoms with Crippen LogP contribution in [-0.4, -0.2) is 95.1 Å². The van der Waals surface area contributed by atoms with Crippen molar-refractivity contribution in [1.29, 1.82) is 0 Å². The van der Waals surface area contributed by atoms with Crippen molar-refractivity contribution in [2.75, 3.05) is 0 Å². The second-order valence-electron chi connectivity index (χ2n) is 17.7. The number of hydrogen-bond acceptors (Lipinski definition) is 8. The summed E-state index contributed by atoms with van der Waals surface area (Å²) in [6.07, 6.45) is 1.24. The standard InChI is InChI=1S/C42H66N8O7/c1-20(2)16-29-37(52)47-34(24(9)10)40(55)48-33(23(7)8)39(54)46-31(17-21(3)4)42-50-35(25(11)57-42)41(56)49-32(22(5)6)38(53)45-30(36(51)44-29)18-26-19-43-28-15-13-12-14-27(26)28/h12-15,19-25,29-35,42-43,50H,16-18H2,1-11H3,(H,44,51)(H,45,53)(H,46,54)(H,47,52)(H,48,55)(H,49,56)/t25?,29-,30+,31+,32-,33-,34+,35+,42?/m1/s1. The van der Waals surface area contributed by atoms with Gasteiger partial charge in [0.1, 0.15) is 42.5 Å². The zero-order valence-electron chi connectivity index (χ0n) is 35.4. The predicted molar refractivity (Wildman–Crippen MR) is 218 cm³/mol. The van der Waals surface area contributed by atoms with Crippen molar-refractivity contribution in [3.05, 3.63) is 36.0 Å². The van der Waals surface area contributed by atoms with Crippen molar-refractivity contribution in [2.24, 2.45) is 29.6 Å². The number of benzene rings is 1. The van der Waals surface area contributed by atoms with E-state index in [9.17, 15) is 28.8 Å². The fourth-order valence-electron chi connectivity index (χ4n) is 7.51. The summed E-state index contributed by atoms with van der Waals surface area (Å²) < 4.78 is 6.25. The van der Waals surface area contributed by atoms with E-state index >= 15 is 0 Å². The average Bonchev–Trinajstić information content (AvgIpc) is 3.72. The zero-order chi connectivity index (χ0) is 42.3. The van der Waals surface area contributed by atoms with Crippen LogP contribution in [0.15, 0.2) is 30.5 Å². The Morgan fingerprint density at radius 2 is 1.07 bits per heavy atom. The number of H-pyrrole nitrogens is 1. The Bertz CT molecular complexity index is 1740. The summed E-state index contributed by atoms with van der Waals surface area (Å²) in [6, 6.07) is 0.930. The molecule has 15 heteroatoms. The lowest BCUT2D eigenvalue weighted by Crippen LogP contribution is -2.61. The van der Waals surface area contributed by atoms with E-state index in [-0.39, 0.29) is 42.4 Å². The lowest BCUT2D eigenvalue weighted by atomic mass is 9.97. The van der Waals surface area contributed by atoms with Gasteiger partial charge in [-0.05, 0) is 61.0 Å². The predicted octanol–water partition coefficient (Wildman–Crippen LogP) is 2.40. The molecule has 15 nitrogen and oxygen atoms in total. The van der Waals surface area contributed by atoms with Gasteiger partial charge >= 0.3 is 0 Å². The van der Waals surface area contributed by atoms with E-state index < -0.39 is 90.1 Å². The Hall–Kier alpha value is -4.50. The minimum atomic E-state index is -1.15. The number of aromatic nitrogens is 1. The number of ether oxygens (including phenoxy) is 1. The van der Waals surface area contributed by atoms with E-state index in [1.807, 2.05) is 65.8 Å². The first-order valence-electron chi connectivity index (χ1n) is 20.6. The van der Waals surface area contributed by atoms with Crippen LogP contribution in [0.4, 0.5) is 0 Å². The summed E-state index contributed by atoms with van der Waals surface area (Å²) in [5, 5.41) is 21.6. The van der Waals surface area contributed by atoms with E-state index in [1.165, 1.54) is 0 Å². The van der Waals surface area contributed by atoms with Crippen molar-refractivity contribution in [2.45, 2.75) is 150 Å². The van der Waals surface area contributed by atoms with E-state index in [2.05, 4.69) is 42.2 Å². The highest BCUT2D eigenvalue weighted by atomic mass is 16.5. The lowest BCUT2D eigenvalue weighted by Gasteiger charge is -2.31. The molecule has 1 aromatic carbocycles. The largest absolute Gasteiger partial charge is 0.361 e. The topological polar surface area (TPSA) is 212 Å². The fourth-order valence-corrected chi connectivity index (χ4v) is 7.51. The van der Waals surface area contributed by atoms with Gasteiger partial charge in [0.25, 0.3) is 0 Å². The van der Waals surface area contributed by atoms with Gasteiger partial charge in [0.2, 0.25) is 35.4 Å². The zero-order valence-corrected chi connectivity index (χ0v) is 35.4. The van der Waals surface area contributed by atoms with Gasteiger partial charge in [-0.15, -0.1) is 0 Å². The highest BCUT2D eigenvalue weighted by molar-refractivity contribution is 5.97. The highest BCUT2D eigenvalue weighted by Crippen LogP contribution is 2.22. The van der Waals surface area contributed by atoms with Crippen molar-refractivity contribution in [3.8, 4) is 0 Å². The maximum absolute atomic E-state index is 14.3. The van der Waals surface area contributed by atoms with Crippen molar-refractivity contribution >= 4 is 46.3 Å². The normalized spacial score (nSPS) is 28.9. The van der Waals surface area contributed by atoms with E-state index in [0.717, 1.165) is 16.5 Å². The molecule has 8 N–H and O–H groups in total. The molecule has 4 rings (SSSR count). The summed E-state index contributed by atoms with van der Waals surface area (Å²) >= 11 is 0. The summed E-state index contributed by atoms with van der Waals surface area (Å²) in [6.45, 7) is 20.4. The van der Waals surface area contributed by atoms with Gasteiger partial charge < -0.3 is 41.6 Å². The summed E-state index contributed by atoms with van der Waals surface area (Å²) in [4.78, 5) is 87.7. The van der Waals surface area contributed by atoms with Crippen LogP contribution >= 0.6 is 0 Å². The van der Waals surface area contributed by atoms with Crippen molar-refractivity contribution in [3.63, 3.8) is 0 Å². The molecule has 0 spiro atoms. The van der Waals surface area contributed by atoms with Crippen LogP contribution in [0.3, 0.4) is 0 Å². The van der Waals surface area contributed by atoms with Crippen LogP contribution in [0, 0.1) is 29.6 Å². The van der Waals surface area contributed by atoms with Crippen molar-refractivity contribution < 1.29 is 33.5 Å². The van der Waals surface area contributed by atoms with E-state index in [4.69, 9.17) is 4.74 Å². The molecule has 9 atom stereocenters. The molecular weight excluding hydrogens is 729 g/mol. The average molecular weight is 795 g/mol. The van der Waals surface area contributed by atoms with Crippen LogP contribution in [0.5, 0.6) is 0 Å². The minimum absolute atomic E-state index is 0.0350. The van der Waals surface area contributed by atoms with E-state index in [0.29, 0.717) is 6.42 Å². The molecule has 6 amide bonds. The number of aromatic amines is 1. The van der Waals surface area contributed by atoms with Crippen LogP contribution in [0.2, 0.25) is 0 Å². The van der Waals surface area contributed by atoms with Gasteiger partial charge in [0.15, 0.2) is 0 Å². The van der Waals surface area contributed by atoms with Gasteiger partial charge in [-0.25, -0.2) is 0 Å². The SMILES string of the molecule is CC(C)C[C@@H]1NC(=O)[C@@H](C(C)C)NC(=O)[C@H](C(C)C)NC(=O)[C@@H](CC(C)C)NC(=O)[C@H](Cc2c[nH]c3ccccc23)NC(=O)[C@@H](C(C)C)NC(=O)[C@H]2NC1OC2C. The first kappa shape index (κ1) is 45.2. The van der Waals surface area contributed by atoms with Crippen LogP contribution < -0.4 is 37.2 Å². The molecule has 0 radical (unpaired) electrons. The Balaban J connectivity index is 1.78. The number of rotatable bonds is 9. The minimum Gasteiger partial charge on any atom is -0.361 e. The van der Waals surface area contributed by atoms with Crippen LogP contribution in [0.1, 0.15) is 94.6 Å². The number of carbonyl (C=O) groups is 6. The summed E-state index contributed by atoms with van der Waals surface area (Å²) in [5.41, 5.74) is 1.63. The number of amides is 6. The molecular formula is C42H66N8O7. The van der Waals surface area contributed by atoms with Crippen LogP contribution in [0.25, 0.3) is 10.9 Å². The number of hydrogen-bond donors (Lipinski definition) is 8. The number of para-hydroxylation sites is 1. The Labute approximate surface area is 337 Å². The molecule has 0 saturated carbocycles. The van der Waals surface area contributed by atoms with Gasteiger partial charge in [-0.2, -0.15) is 0 Å². The summed E-state index contributed by atoms with van der Waals surface area (Å²) in [7, 11) is 0. The molecule has 2 unspecified atom stereocenters. The second-order valence-corrected chi connectivity index (χ2v) is 17.7. The maximum atomic E-state index is 14.3. The molecule has 2 aromatic rings. The number of fused-ring (bicyclic) bond motifs is 3. The fraction of sp³-hybridized carbons (Fsp3) is 0.667. The highest BCUT2D eigenvalue weighted by Gasteiger charge is 2.43. The molecule has 1 aromatic heterocycles. The quantitative estimate of drug-likeness (QED) is 0.189. The Kier molecular flexibility index (Phi) is 15.7.